The summed E-state index contributed by atoms with van der Waals surface area (Å²) in [7, 11) is 0. The van der Waals surface area contributed by atoms with Gasteiger partial charge in [-0.2, -0.15) is 13.2 Å². The van der Waals surface area contributed by atoms with Crippen molar-refractivity contribution in [3.63, 3.8) is 0 Å². The number of carboxylic acids is 1. The molecule has 0 saturated carbocycles. The molecule has 1 unspecified atom stereocenters. The van der Waals surface area contributed by atoms with E-state index in [1.54, 1.807) is 12.4 Å². The molecule has 0 aliphatic carbocycles. The van der Waals surface area contributed by atoms with Crippen molar-refractivity contribution in [1.29, 1.82) is 0 Å². The average Bonchev–Trinajstić information content (AvgIpc) is 2.77. The minimum atomic E-state index is -5.08. The number of carboxylic acid groups (broad SMARTS) is 1. The van der Waals surface area contributed by atoms with Gasteiger partial charge in [0, 0.05) is 25.5 Å². The summed E-state index contributed by atoms with van der Waals surface area (Å²) in [6.45, 7) is 4.12. The number of aliphatic carboxylic acids is 1. The van der Waals surface area contributed by atoms with Crippen LogP contribution in [0.1, 0.15) is 30.4 Å². The highest BCUT2D eigenvalue weighted by atomic mass is 19.4. The predicted molar refractivity (Wildman–Crippen MR) is 116 cm³/mol. The summed E-state index contributed by atoms with van der Waals surface area (Å²) in [4.78, 5) is 27.5. The molecule has 2 fully saturated rings. The number of rotatable bonds is 5. The summed E-state index contributed by atoms with van der Waals surface area (Å²) in [5.74, 6) is -1.75. The van der Waals surface area contributed by atoms with Crippen LogP contribution < -0.4 is 4.74 Å². The van der Waals surface area contributed by atoms with Gasteiger partial charge in [-0.3, -0.25) is 9.78 Å². The maximum atomic E-state index is 12.5. The van der Waals surface area contributed by atoms with Crippen molar-refractivity contribution in [3.8, 4) is 5.75 Å². The van der Waals surface area contributed by atoms with Crippen LogP contribution >= 0.6 is 0 Å². The van der Waals surface area contributed by atoms with Gasteiger partial charge in [0.2, 0.25) is 5.91 Å². The second-order valence-corrected chi connectivity index (χ2v) is 8.43. The second kappa shape index (κ2) is 10.9. The Morgan fingerprint density at radius 3 is 2.56 bits per heavy atom. The molecule has 1 amide bonds. The molecule has 10 heteroatoms. The number of carbonyl (C=O) groups is 2. The minimum Gasteiger partial charge on any atom is -0.489 e. The van der Waals surface area contributed by atoms with Gasteiger partial charge >= 0.3 is 12.1 Å². The highest BCUT2D eigenvalue weighted by molar-refractivity contribution is 5.77. The lowest BCUT2D eigenvalue weighted by Crippen LogP contribution is -2.67. The molecule has 1 aromatic carbocycles. The normalized spacial score (nSPS) is 18.9. The van der Waals surface area contributed by atoms with Gasteiger partial charge in [-0.25, -0.2) is 4.79 Å². The van der Waals surface area contributed by atoms with Crippen molar-refractivity contribution >= 4 is 11.9 Å². The second-order valence-electron chi connectivity index (χ2n) is 8.43. The van der Waals surface area contributed by atoms with Crippen LogP contribution in [0.25, 0.3) is 0 Å². The third-order valence-corrected chi connectivity index (χ3v) is 5.81. The molecule has 1 atom stereocenters. The van der Waals surface area contributed by atoms with E-state index in [0.717, 1.165) is 25.0 Å². The lowest BCUT2D eigenvalue weighted by molar-refractivity contribution is -0.193. The van der Waals surface area contributed by atoms with E-state index in [9.17, 15) is 18.0 Å². The van der Waals surface area contributed by atoms with Crippen LogP contribution in [-0.4, -0.2) is 64.4 Å². The zero-order valence-corrected chi connectivity index (χ0v) is 18.8. The summed E-state index contributed by atoms with van der Waals surface area (Å²) in [6.07, 6.45) is 1.56. The fourth-order valence-corrected chi connectivity index (χ4v) is 4.03. The van der Waals surface area contributed by atoms with Gasteiger partial charge in [-0.1, -0.05) is 24.3 Å². The van der Waals surface area contributed by atoms with E-state index in [1.165, 1.54) is 11.1 Å². The van der Waals surface area contributed by atoms with Gasteiger partial charge in [0.1, 0.15) is 17.5 Å². The number of benzene rings is 1. The van der Waals surface area contributed by atoms with E-state index in [2.05, 4.69) is 24.0 Å². The summed E-state index contributed by atoms with van der Waals surface area (Å²) in [6, 6.07) is 12.1. The van der Waals surface area contributed by atoms with Gasteiger partial charge in [0.15, 0.2) is 0 Å². The number of halogens is 3. The molecule has 184 valence electrons. The monoisotopic (exact) mass is 480 g/mol. The molecule has 0 bridgehead atoms. The van der Waals surface area contributed by atoms with Crippen molar-refractivity contribution in [2.45, 2.75) is 50.5 Å². The van der Waals surface area contributed by atoms with E-state index in [1.807, 2.05) is 29.2 Å². The fraction of sp³-hybridized carbons (Fsp3) is 0.458. The smallest absolute Gasteiger partial charge is 0.489 e. The van der Waals surface area contributed by atoms with Crippen molar-refractivity contribution in [3.05, 3.63) is 59.9 Å². The van der Waals surface area contributed by atoms with E-state index in [-0.39, 0.29) is 17.6 Å². The highest BCUT2D eigenvalue weighted by Gasteiger charge is 2.49. The Morgan fingerprint density at radius 2 is 1.94 bits per heavy atom. The molecule has 0 radical (unpaired) electrons. The van der Waals surface area contributed by atoms with Crippen molar-refractivity contribution in [1.82, 2.24) is 9.88 Å². The highest BCUT2D eigenvalue weighted by Crippen LogP contribution is 2.36. The Balaban J connectivity index is 0.000000406. The Kier molecular flexibility index (Phi) is 8.14. The van der Waals surface area contributed by atoms with Gasteiger partial charge in [-0.05, 0) is 36.6 Å². The Morgan fingerprint density at radius 1 is 1.24 bits per heavy atom. The number of aromatic nitrogens is 1. The summed E-state index contributed by atoms with van der Waals surface area (Å²) < 4.78 is 43.8. The predicted octanol–water partition coefficient (Wildman–Crippen LogP) is 3.79. The number of nitrogens with zero attached hydrogens (tertiary/aromatic N) is 2. The van der Waals surface area contributed by atoms with Gasteiger partial charge in [-0.15, -0.1) is 0 Å². The lowest BCUT2D eigenvalue weighted by Gasteiger charge is -2.53. The molecule has 2 aromatic rings. The molecular formula is C24H27F3N2O5. The van der Waals surface area contributed by atoms with Crippen molar-refractivity contribution < 1.29 is 37.3 Å². The van der Waals surface area contributed by atoms with E-state index in [0.29, 0.717) is 26.1 Å². The minimum absolute atomic E-state index is 0.118. The number of aryl methyl sites for hydroxylation is 2. The first-order valence-corrected chi connectivity index (χ1v) is 10.9. The molecule has 2 saturated heterocycles. The maximum Gasteiger partial charge on any atom is 0.490 e. The number of amides is 1. The number of pyridine rings is 1. The van der Waals surface area contributed by atoms with E-state index in [4.69, 9.17) is 19.4 Å². The third kappa shape index (κ3) is 6.93. The first-order chi connectivity index (χ1) is 16.1. The number of likely N-dealkylation sites (tertiary alicyclic amines) is 1. The molecule has 1 spiro atoms. The van der Waals surface area contributed by atoms with Gasteiger partial charge in [0.25, 0.3) is 0 Å². The third-order valence-electron chi connectivity index (χ3n) is 5.81. The average molecular weight is 480 g/mol. The molecule has 1 N–H and O–H groups in total. The lowest BCUT2D eigenvalue weighted by atomic mass is 9.84. The van der Waals surface area contributed by atoms with E-state index < -0.39 is 12.1 Å². The number of carbonyl (C=O) groups excluding carboxylic acids is 1. The fourth-order valence-electron chi connectivity index (χ4n) is 4.03. The Hall–Kier alpha value is -3.14. The number of ether oxygens (including phenoxy) is 2. The summed E-state index contributed by atoms with van der Waals surface area (Å²) in [5, 5.41) is 7.12. The summed E-state index contributed by atoms with van der Waals surface area (Å²) in [5.41, 5.74) is 2.26. The molecular weight excluding hydrogens is 453 g/mol. The zero-order valence-electron chi connectivity index (χ0n) is 18.8. The van der Waals surface area contributed by atoms with Crippen molar-refractivity contribution in [2.24, 2.45) is 0 Å². The van der Waals surface area contributed by atoms with Crippen LogP contribution in [0.5, 0.6) is 5.75 Å². The molecule has 4 rings (SSSR count). The van der Waals surface area contributed by atoms with Crippen LogP contribution in [0, 0.1) is 6.92 Å². The first kappa shape index (κ1) is 25.5. The SMILES string of the molecule is Cc1ccccc1CCC(=O)N1CC2(CC(Oc3cccnc3)CCO2)C1.O=C(O)C(F)(F)F. The van der Waals surface area contributed by atoms with Crippen LogP contribution in [0.15, 0.2) is 48.8 Å². The quantitative estimate of drug-likeness (QED) is 0.701. The van der Waals surface area contributed by atoms with Crippen LogP contribution in [-0.2, 0) is 20.7 Å². The molecule has 2 aliphatic heterocycles. The van der Waals surface area contributed by atoms with Crippen LogP contribution in [0.3, 0.4) is 0 Å². The van der Waals surface area contributed by atoms with Crippen LogP contribution in [0.4, 0.5) is 13.2 Å². The van der Waals surface area contributed by atoms with Crippen LogP contribution in [0.2, 0.25) is 0 Å². The summed E-state index contributed by atoms with van der Waals surface area (Å²) >= 11 is 0. The van der Waals surface area contributed by atoms with E-state index >= 15 is 0 Å². The zero-order chi connectivity index (χ0) is 24.8. The van der Waals surface area contributed by atoms with Gasteiger partial charge < -0.3 is 19.5 Å². The Bertz CT molecular complexity index is 978. The molecule has 34 heavy (non-hydrogen) atoms. The largest absolute Gasteiger partial charge is 0.490 e. The van der Waals surface area contributed by atoms with Gasteiger partial charge in [0.05, 0.1) is 25.9 Å². The molecule has 1 aromatic heterocycles. The topological polar surface area (TPSA) is 89.0 Å². The maximum absolute atomic E-state index is 12.5. The number of hydrogen-bond acceptors (Lipinski definition) is 5. The van der Waals surface area contributed by atoms with Crippen molar-refractivity contribution in [2.75, 3.05) is 19.7 Å². The Labute approximate surface area is 195 Å². The first-order valence-electron chi connectivity index (χ1n) is 10.9. The standard InChI is InChI=1S/C22H26N2O3.C2HF3O2/c1-17-5-2-3-6-18(17)8-9-21(25)24-15-22(16-24)13-19(10-12-26-22)27-20-7-4-11-23-14-20;3-2(4,5)1(6)7/h2-7,11,14,19H,8-10,12-13,15-16H2,1H3;(H,6,7). The number of hydrogen-bond donors (Lipinski definition) is 1. The number of alkyl halides is 3. The molecule has 2 aliphatic rings. The molecule has 3 heterocycles. The molecule has 7 nitrogen and oxygen atoms in total.